The minimum Gasteiger partial charge on any atom is -0.315 e. The Balaban J connectivity index is 1.41. The van der Waals surface area contributed by atoms with E-state index in [0.29, 0.717) is 24.2 Å². The summed E-state index contributed by atoms with van der Waals surface area (Å²) in [6.07, 6.45) is 0. The first kappa shape index (κ1) is 18.7. The number of amides is 2. The van der Waals surface area contributed by atoms with Crippen LogP contribution in [0.3, 0.4) is 0 Å². The Morgan fingerprint density at radius 3 is 1.96 bits per heavy atom. The third kappa shape index (κ3) is 3.21. The quantitative estimate of drug-likeness (QED) is 0.726. The number of piperazine rings is 1. The number of halogens is 1. The third-order valence-corrected chi connectivity index (χ3v) is 7.05. The molecule has 0 atom stereocenters. The molecule has 0 bridgehead atoms. The maximum absolute atomic E-state index is 13.1. The van der Waals surface area contributed by atoms with Crippen molar-refractivity contribution in [1.82, 2.24) is 9.21 Å². The fourth-order valence-electron chi connectivity index (χ4n) is 3.56. The van der Waals surface area contributed by atoms with Gasteiger partial charge in [0.2, 0.25) is 10.0 Å². The van der Waals surface area contributed by atoms with Crippen molar-refractivity contribution in [1.29, 1.82) is 0 Å². The van der Waals surface area contributed by atoms with Gasteiger partial charge in [0, 0.05) is 0 Å². The Hall–Kier alpha value is -2.62. The number of nitrogens with one attached hydrogen (secondary N) is 1. The number of rotatable bonds is 4. The van der Waals surface area contributed by atoms with Crippen molar-refractivity contribution in [2.45, 2.75) is 4.90 Å². The molecule has 0 unspecified atom stereocenters. The second-order valence-corrected chi connectivity index (χ2v) is 8.79. The predicted molar refractivity (Wildman–Crippen MR) is 97.7 cm³/mol. The van der Waals surface area contributed by atoms with Crippen molar-refractivity contribution in [3.05, 3.63) is 65.5 Å². The molecule has 9 heteroatoms. The molecule has 28 heavy (non-hydrogen) atoms. The molecular formula is C19H19FN3O4S+. The van der Waals surface area contributed by atoms with Gasteiger partial charge >= 0.3 is 0 Å². The Morgan fingerprint density at radius 1 is 0.893 bits per heavy atom. The summed E-state index contributed by atoms with van der Waals surface area (Å²) in [5.74, 6) is -1.11. The van der Waals surface area contributed by atoms with Crippen LogP contribution in [0.1, 0.15) is 20.7 Å². The largest absolute Gasteiger partial charge is 0.315 e. The van der Waals surface area contributed by atoms with E-state index in [9.17, 15) is 22.4 Å². The number of sulfonamides is 1. The van der Waals surface area contributed by atoms with Crippen LogP contribution in [0.2, 0.25) is 0 Å². The fraction of sp³-hybridized carbons (Fsp3) is 0.263. The Bertz CT molecular complexity index is 996. The smallest absolute Gasteiger partial charge is 0.265 e. The molecule has 2 aliphatic heterocycles. The van der Waals surface area contributed by atoms with Gasteiger partial charge in [-0.25, -0.2) is 17.7 Å². The summed E-state index contributed by atoms with van der Waals surface area (Å²) in [4.78, 5) is 27.2. The molecule has 1 N–H and O–H groups in total. The molecule has 0 spiro atoms. The van der Waals surface area contributed by atoms with Crippen molar-refractivity contribution < 1.29 is 27.3 Å². The van der Waals surface area contributed by atoms with Crippen LogP contribution in [0.15, 0.2) is 53.4 Å². The van der Waals surface area contributed by atoms with Gasteiger partial charge < -0.3 is 4.90 Å². The van der Waals surface area contributed by atoms with Crippen molar-refractivity contribution >= 4 is 21.8 Å². The molecule has 2 aliphatic rings. The number of quaternary nitrogens is 1. The molecule has 1 fully saturated rings. The van der Waals surface area contributed by atoms with Crippen molar-refractivity contribution in [2.75, 3.05) is 32.8 Å². The Labute approximate surface area is 162 Å². The first-order valence-corrected chi connectivity index (χ1v) is 10.4. The van der Waals surface area contributed by atoms with Crippen LogP contribution in [-0.2, 0) is 10.0 Å². The van der Waals surface area contributed by atoms with E-state index in [1.54, 1.807) is 24.3 Å². The van der Waals surface area contributed by atoms with Crippen molar-refractivity contribution in [2.24, 2.45) is 0 Å². The molecule has 2 aromatic rings. The monoisotopic (exact) mass is 404 g/mol. The molecule has 4 rings (SSSR count). The highest BCUT2D eigenvalue weighted by atomic mass is 32.2. The van der Waals surface area contributed by atoms with E-state index < -0.39 is 15.8 Å². The standard InChI is InChI=1S/C19H18FN3O4S/c20-14-5-7-15(8-6-14)28(26,27)22-11-9-21(10-12-22)13-23-18(24)16-3-1-2-4-17(16)19(23)25/h1-8H,9-13H2/p+1. The topological polar surface area (TPSA) is 79.2 Å². The molecule has 7 nitrogen and oxygen atoms in total. The lowest BCUT2D eigenvalue weighted by Gasteiger charge is -2.32. The number of hydrogen-bond acceptors (Lipinski definition) is 4. The highest BCUT2D eigenvalue weighted by Crippen LogP contribution is 2.21. The molecule has 0 aromatic heterocycles. The molecule has 2 heterocycles. The summed E-state index contributed by atoms with van der Waals surface area (Å²) in [5.41, 5.74) is 0.814. The van der Waals surface area contributed by atoms with Gasteiger partial charge in [0.25, 0.3) is 11.8 Å². The zero-order valence-electron chi connectivity index (χ0n) is 15.0. The number of benzene rings is 2. The minimum absolute atomic E-state index is 0.0534. The first-order valence-electron chi connectivity index (χ1n) is 8.92. The lowest BCUT2D eigenvalue weighted by atomic mass is 10.1. The fourth-order valence-corrected chi connectivity index (χ4v) is 5.00. The molecule has 146 valence electrons. The van der Waals surface area contributed by atoms with Crippen LogP contribution < -0.4 is 4.90 Å². The number of nitrogens with zero attached hydrogens (tertiary/aromatic N) is 2. The Kier molecular flexibility index (Phi) is 4.74. The molecule has 0 saturated carbocycles. The average Bonchev–Trinajstić information content (AvgIpc) is 2.94. The van der Waals surface area contributed by atoms with Gasteiger partial charge in [0.05, 0.1) is 42.2 Å². The molecule has 0 aliphatic carbocycles. The third-order valence-electron chi connectivity index (χ3n) is 5.14. The second kappa shape index (κ2) is 7.08. The number of imide groups is 1. The van der Waals surface area contributed by atoms with Gasteiger partial charge in [-0.05, 0) is 36.4 Å². The van der Waals surface area contributed by atoms with Crippen LogP contribution in [0.4, 0.5) is 4.39 Å². The molecule has 0 radical (unpaired) electrons. The van der Waals surface area contributed by atoms with E-state index in [4.69, 9.17) is 0 Å². The highest BCUT2D eigenvalue weighted by molar-refractivity contribution is 7.89. The zero-order valence-corrected chi connectivity index (χ0v) is 15.8. The number of carbonyl (C=O) groups is 2. The van der Waals surface area contributed by atoms with Crippen LogP contribution in [-0.4, -0.2) is 62.3 Å². The summed E-state index contributed by atoms with van der Waals surface area (Å²) in [5, 5.41) is 0. The Morgan fingerprint density at radius 2 is 1.43 bits per heavy atom. The molecular weight excluding hydrogens is 385 g/mol. The van der Waals surface area contributed by atoms with Crippen LogP contribution in [0.25, 0.3) is 0 Å². The van der Waals surface area contributed by atoms with Gasteiger partial charge in [-0.3, -0.25) is 9.59 Å². The average molecular weight is 404 g/mol. The van der Waals surface area contributed by atoms with Gasteiger partial charge in [-0.1, -0.05) is 12.1 Å². The first-order chi connectivity index (χ1) is 13.4. The van der Waals surface area contributed by atoms with E-state index in [2.05, 4.69) is 0 Å². The predicted octanol–water partition coefficient (Wildman–Crippen LogP) is -0.0314. The number of carbonyl (C=O) groups excluding carboxylic acids is 2. The normalized spacial score (nSPS) is 18.5. The SMILES string of the molecule is O=C1c2ccccc2C(=O)N1C[NH+]1CCN(S(=O)(=O)c2ccc(F)cc2)CC1. The molecule has 2 amide bonds. The lowest BCUT2D eigenvalue weighted by Crippen LogP contribution is -3.16. The van der Waals surface area contributed by atoms with Gasteiger partial charge in [0.15, 0.2) is 6.67 Å². The maximum Gasteiger partial charge on any atom is 0.265 e. The van der Waals surface area contributed by atoms with Crippen molar-refractivity contribution in [3.63, 3.8) is 0 Å². The minimum atomic E-state index is -3.69. The lowest BCUT2D eigenvalue weighted by molar-refractivity contribution is -0.910. The van der Waals surface area contributed by atoms with E-state index in [1.165, 1.54) is 21.3 Å². The maximum atomic E-state index is 13.1. The second-order valence-electron chi connectivity index (χ2n) is 6.85. The van der Waals surface area contributed by atoms with E-state index >= 15 is 0 Å². The summed E-state index contributed by atoms with van der Waals surface area (Å²) >= 11 is 0. The molecule has 2 aromatic carbocycles. The van der Waals surface area contributed by atoms with Gasteiger partial charge in [-0.15, -0.1) is 0 Å². The number of fused-ring (bicyclic) bond motifs is 1. The van der Waals surface area contributed by atoms with Crippen LogP contribution >= 0.6 is 0 Å². The van der Waals surface area contributed by atoms with Gasteiger partial charge in [0.1, 0.15) is 5.82 Å². The van der Waals surface area contributed by atoms with E-state index in [0.717, 1.165) is 17.0 Å². The van der Waals surface area contributed by atoms with E-state index in [1.807, 2.05) is 0 Å². The molecule has 1 saturated heterocycles. The van der Waals surface area contributed by atoms with E-state index in [-0.39, 0.29) is 36.5 Å². The summed E-state index contributed by atoms with van der Waals surface area (Å²) in [7, 11) is -3.69. The zero-order chi connectivity index (χ0) is 19.9. The van der Waals surface area contributed by atoms with Crippen LogP contribution in [0.5, 0.6) is 0 Å². The summed E-state index contributed by atoms with van der Waals surface area (Å²) in [6, 6.07) is 11.5. The van der Waals surface area contributed by atoms with Gasteiger partial charge in [-0.2, -0.15) is 4.31 Å². The van der Waals surface area contributed by atoms with Crippen molar-refractivity contribution in [3.8, 4) is 0 Å². The summed E-state index contributed by atoms with van der Waals surface area (Å²) < 4.78 is 39.8. The van der Waals surface area contributed by atoms with Crippen LogP contribution in [0, 0.1) is 5.82 Å². The highest BCUT2D eigenvalue weighted by Gasteiger charge is 2.39. The summed E-state index contributed by atoms with van der Waals surface area (Å²) in [6.45, 7) is 1.66. The number of hydrogen-bond donors (Lipinski definition) is 1.